The second-order valence-corrected chi connectivity index (χ2v) is 5.18. The summed E-state index contributed by atoms with van der Waals surface area (Å²) in [6.45, 7) is 5.27. The van der Waals surface area contributed by atoms with Gasteiger partial charge < -0.3 is 5.32 Å². The summed E-state index contributed by atoms with van der Waals surface area (Å²) in [5, 5.41) is 2.79. The minimum Gasteiger partial charge on any atom is -0.347 e. The quantitative estimate of drug-likeness (QED) is 0.790. The Labute approximate surface area is 108 Å². The van der Waals surface area contributed by atoms with Gasteiger partial charge in [-0.25, -0.2) is 4.99 Å². The van der Waals surface area contributed by atoms with E-state index in [4.69, 9.17) is 34.8 Å². The van der Waals surface area contributed by atoms with Crippen LogP contribution in [0.5, 0.6) is 0 Å². The third-order valence-electron chi connectivity index (χ3n) is 1.90. The Morgan fingerprint density at radius 2 is 2.19 bits per heavy atom. The lowest BCUT2D eigenvalue weighted by Crippen LogP contribution is -2.25. The standard InChI is InChI=1S/C10H9Cl3N2O/c1-3-6-7(8(16)10(11,12)13)5-15-9(6)14-4-2/h3-5H,2H2,1H3,(H,14,15)/b6-3-. The number of aliphatic imine (C=N–C) groups is 1. The van der Waals surface area contributed by atoms with Crippen molar-refractivity contribution in [2.24, 2.45) is 4.99 Å². The largest absolute Gasteiger partial charge is 0.347 e. The van der Waals surface area contributed by atoms with Crippen molar-refractivity contribution in [3.63, 3.8) is 0 Å². The summed E-state index contributed by atoms with van der Waals surface area (Å²) in [5.74, 6) is -0.0923. The zero-order chi connectivity index (χ0) is 12.3. The summed E-state index contributed by atoms with van der Waals surface area (Å²) >= 11 is 16.6. The highest BCUT2D eigenvalue weighted by Crippen LogP contribution is 2.34. The molecule has 0 saturated carbocycles. The number of ketones is 1. The predicted octanol–water partition coefficient (Wildman–Crippen LogP) is 2.90. The molecule has 0 aromatic rings. The number of nitrogens with zero attached hydrogens (tertiary/aromatic N) is 1. The Morgan fingerprint density at radius 3 is 2.62 bits per heavy atom. The van der Waals surface area contributed by atoms with Crippen LogP contribution in [-0.2, 0) is 4.79 Å². The van der Waals surface area contributed by atoms with Gasteiger partial charge in [-0.05, 0) is 13.1 Å². The van der Waals surface area contributed by atoms with Crippen molar-refractivity contribution in [2.45, 2.75) is 10.7 Å². The average Bonchev–Trinajstić information content (AvgIpc) is 2.58. The van der Waals surface area contributed by atoms with Crippen molar-refractivity contribution >= 4 is 46.4 Å². The highest BCUT2D eigenvalue weighted by Gasteiger charge is 2.36. The van der Waals surface area contributed by atoms with Crippen molar-refractivity contribution < 1.29 is 4.79 Å². The van der Waals surface area contributed by atoms with Crippen LogP contribution in [0.15, 0.2) is 41.2 Å². The van der Waals surface area contributed by atoms with Gasteiger partial charge in [0.15, 0.2) is 0 Å². The summed E-state index contributed by atoms with van der Waals surface area (Å²) in [6.07, 6.45) is 4.53. The number of hydrogen-bond acceptors (Lipinski definition) is 3. The molecule has 0 bridgehead atoms. The van der Waals surface area contributed by atoms with Crippen LogP contribution in [0.25, 0.3) is 0 Å². The fourth-order valence-corrected chi connectivity index (χ4v) is 1.54. The molecule has 1 rings (SSSR count). The molecule has 0 aliphatic carbocycles. The maximum Gasteiger partial charge on any atom is 0.253 e. The molecule has 0 spiro atoms. The first-order valence-electron chi connectivity index (χ1n) is 4.35. The first kappa shape index (κ1) is 13.3. The van der Waals surface area contributed by atoms with Gasteiger partial charge in [0, 0.05) is 11.8 Å². The summed E-state index contributed by atoms with van der Waals surface area (Å²) < 4.78 is -1.97. The maximum atomic E-state index is 11.8. The van der Waals surface area contributed by atoms with Crippen molar-refractivity contribution in [1.29, 1.82) is 0 Å². The van der Waals surface area contributed by atoms with Gasteiger partial charge in [-0.1, -0.05) is 47.5 Å². The SMILES string of the molecule is C=CNC1=NC=C(C(=O)C(Cl)(Cl)Cl)/C1=C/C. The van der Waals surface area contributed by atoms with Crippen molar-refractivity contribution in [3.05, 3.63) is 36.2 Å². The van der Waals surface area contributed by atoms with Gasteiger partial charge in [0.1, 0.15) is 5.84 Å². The number of hydrogen-bond donors (Lipinski definition) is 1. The van der Waals surface area contributed by atoms with Gasteiger partial charge in [0.25, 0.3) is 3.79 Å². The molecule has 1 aliphatic heterocycles. The zero-order valence-corrected chi connectivity index (χ0v) is 10.7. The lowest BCUT2D eigenvalue weighted by atomic mass is 10.0. The van der Waals surface area contributed by atoms with E-state index in [1.165, 1.54) is 12.4 Å². The summed E-state index contributed by atoms with van der Waals surface area (Å²) in [5.41, 5.74) is 0.864. The third kappa shape index (κ3) is 2.67. The molecule has 1 aliphatic rings. The number of nitrogens with one attached hydrogen (secondary N) is 1. The molecule has 3 nitrogen and oxygen atoms in total. The van der Waals surface area contributed by atoms with E-state index in [0.29, 0.717) is 11.4 Å². The van der Waals surface area contributed by atoms with Crippen LogP contribution >= 0.6 is 34.8 Å². The molecule has 0 saturated heterocycles. The van der Waals surface area contributed by atoms with E-state index in [0.717, 1.165) is 0 Å². The van der Waals surface area contributed by atoms with Crippen LogP contribution in [0.2, 0.25) is 0 Å². The van der Waals surface area contributed by atoms with Crippen LogP contribution in [0.3, 0.4) is 0 Å². The van der Waals surface area contributed by atoms with Crippen molar-refractivity contribution in [1.82, 2.24) is 5.32 Å². The molecule has 1 N–H and O–H groups in total. The molecule has 6 heteroatoms. The van der Waals surface area contributed by atoms with E-state index < -0.39 is 9.58 Å². The molecule has 16 heavy (non-hydrogen) atoms. The number of carbonyl (C=O) groups excluding carboxylic acids is 1. The average molecular weight is 280 g/mol. The lowest BCUT2D eigenvalue weighted by molar-refractivity contribution is -0.114. The van der Waals surface area contributed by atoms with E-state index in [1.807, 2.05) is 0 Å². The molecule has 0 atom stereocenters. The molecule has 0 unspecified atom stereocenters. The number of halogens is 3. The highest BCUT2D eigenvalue weighted by molar-refractivity contribution is 6.77. The number of alkyl halides is 3. The summed E-state index contributed by atoms with van der Waals surface area (Å²) in [7, 11) is 0. The lowest BCUT2D eigenvalue weighted by Gasteiger charge is -2.12. The fourth-order valence-electron chi connectivity index (χ4n) is 1.23. The van der Waals surface area contributed by atoms with Crippen molar-refractivity contribution in [2.75, 3.05) is 0 Å². The normalized spacial score (nSPS) is 18.1. The predicted molar refractivity (Wildman–Crippen MR) is 67.9 cm³/mol. The number of allylic oxidation sites excluding steroid dienone is 1. The smallest absolute Gasteiger partial charge is 0.253 e. The summed E-state index contributed by atoms with van der Waals surface area (Å²) in [6, 6.07) is 0. The van der Waals surface area contributed by atoms with Crippen molar-refractivity contribution in [3.8, 4) is 0 Å². The van der Waals surface area contributed by atoms with Gasteiger partial charge in [0.2, 0.25) is 5.78 Å². The fraction of sp³-hybridized carbons (Fsp3) is 0.200. The van der Waals surface area contributed by atoms with E-state index in [2.05, 4.69) is 16.9 Å². The van der Waals surface area contributed by atoms with Crippen LogP contribution in [0, 0.1) is 0 Å². The second kappa shape index (κ2) is 5.04. The van der Waals surface area contributed by atoms with E-state index >= 15 is 0 Å². The topological polar surface area (TPSA) is 41.5 Å². The highest BCUT2D eigenvalue weighted by atomic mass is 35.6. The Kier molecular flexibility index (Phi) is 4.19. The summed E-state index contributed by atoms with van der Waals surface area (Å²) in [4.78, 5) is 15.8. The van der Waals surface area contributed by atoms with Crippen LogP contribution in [0.4, 0.5) is 0 Å². The van der Waals surface area contributed by atoms with Gasteiger partial charge in [-0.15, -0.1) is 0 Å². The molecule has 0 fully saturated rings. The Hall–Kier alpha value is -0.770. The number of rotatable bonds is 2. The molecule has 0 aromatic carbocycles. The maximum absolute atomic E-state index is 11.8. The van der Waals surface area contributed by atoms with Gasteiger partial charge >= 0.3 is 0 Å². The van der Waals surface area contributed by atoms with Gasteiger partial charge in [0.05, 0.1) is 5.57 Å². The van der Waals surface area contributed by atoms with E-state index in [-0.39, 0.29) is 5.57 Å². The molecular formula is C10H9Cl3N2O. The number of Topliss-reactive ketones (excluding diaryl/α,β-unsaturated/α-hetero) is 1. The molecule has 1 heterocycles. The molecular weight excluding hydrogens is 270 g/mol. The molecule has 0 radical (unpaired) electrons. The molecule has 86 valence electrons. The van der Waals surface area contributed by atoms with E-state index in [1.54, 1.807) is 13.0 Å². The first-order valence-corrected chi connectivity index (χ1v) is 5.49. The van der Waals surface area contributed by atoms with E-state index in [9.17, 15) is 4.79 Å². The minimum absolute atomic E-state index is 0.270. The Morgan fingerprint density at radius 1 is 1.56 bits per heavy atom. The molecule has 0 aromatic heterocycles. The zero-order valence-electron chi connectivity index (χ0n) is 8.43. The van der Waals surface area contributed by atoms with Gasteiger partial charge in [-0.2, -0.15) is 0 Å². The third-order valence-corrected chi connectivity index (χ3v) is 2.41. The molecule has 0 amide bonds. The van der Waals surface area contributed by atoms with Gasteiger partial charge in [-0.3, -0.25) is 4.79 Å². The second-order valence-electron chi connectivity index (χ2n) is 2.90. The monoisotopic (exact) mass is 278 g/mol. The Bertz CT molecular complexity index is 416. The van der Waals surface area contributed by atoms with Crippen LogP contribution < -0.4 is 5.32 Å². The first-order chi connectivity index (χ1) is 7.41. The minimum atomic E-state index is -1.97. The Balaban J connectivity index is 2.98. The number of amidine groups is 1. The van der Waals surface area contributed by atoms with Crippen LogP contribution in [-0.4, -0.2) is 15.4 Å². The van der Waals surface area contributed by atoms with Crippen LogP contribution in [0.1, 0.15) is 6.92 Å². The number of carbonyl (C=O) groups is 1.